The number of fused-ring (bicyclic) bond motifs is 1. The van der Waals surface area contributed by atoms with Crippen LogP contribution in [-0.2, 0) is 4.74 Å². The maximum Gasteiger partial charge on any atom is 0.337 e. The standard InChI is InChI=1S/C18H14O5/c1-21-13-5-3-4-11(8-13)9-16-17(19)14-10-12(18(20)22-2)6-7-15(14)23-16/h3-10H,1-2H3/b16-9-. The van der Waals surface area contributed by atoms with Gasteiger partial charge in [-0.2, -0.15) is 0 Å². The fourth-order valence-corrected chi connectivity index (χ4v) is 2.32. The zero-order valence-corrected chi connectivity index (χ0v) is 12.7. The van der Waals surface area contributed by atoms with Crippen molar-refractivity contribution in [3.8, 4) is 11.5 Å². The minimum absolute atomic E-state index is 0.204. The van der Waals surface area contributed by atoms with Gasteiger partial charge >= 0.3 is 5.97 Å². The Bertz CT molecular complexity index is 820. The Hall–Kier alpha value is -3.08. The summed E-state index contributed by atoms with van der Waals surface area (Å²) in [5, 5.41) is 0. The zero-order valence-electron chi connectivity index (χ0n) is 12.7. The molecular weight excluding hydrogens is 296 g/mol. The van der Waals surface area contributed by atoms with Crippen LogP contribution in [0.3, 0.4) is 0 Å². The molecule has 0 fully saturated rings. The first-order chi connectivity index (χ1) is 11.1. The van der Waals surface area contributed by atoms with Gasteiger partial charge in [0.1, 0.15) is 11.5 Å². The highest BCUT2D eigenvalue weighted by Gasteiger charge is 2.28. The monoisotopic (exact) mass is 310 g/mol. The maximum absolute atomic E-state index is 12.4. The number of ether oxygens (including phenoxy) is 3. The molecular formula is C18H14O5. The van der Waals surface area contributed by atoms with Gasteiger partial charge in [-0.3, -0.25) is 4.79 Å². The van der Waals surface area contributed by atoms with Gasteiger partial charge in [0, 0.05) is 0 Å². The summed E-state index contributed by atoms with van der Waals surface area (Å²) in [6, 6.07) is 11.9. The minimum Gasteiger partial charge on any atom is -0.497 e. The number of methoxy groups -OCH3 is 2. The molecule has 0 aliphatic carbocycles. The number of allylic oxidation sites excluding steroid dienone is 1. The van der Waals surface area contributed by atoms with Crippen LogP contribution in [0, 0.1) is 0 Å². The summed E-state index contributed by atoms with van der Waals surface area (Å²) in [5.41, 5.74) is 1.45. The summed E-state index contributed by atoms with van der Waals surface area (Å²) in [4.78, 5) is 24.0. The molecule has 0 bridgehead atoms. The van der Waals surface area contributed by atoms with Crippen molar-refractivity contribution in [3.05, 3.63) is 64.9 Å². The second-order valence-electron chi connectivity index (χ2n) is 4.92. The summed E-state index contributed by atoms with van der Waals surface area (Å²) < 4.78 is 15.4. The number of benzene rings is 2. The number of rotatable bonds is 3. The smallest absolute Gasteiger partial charge is 0.337 e. The molecule has 2 aromatic carbocycles. The Kier molecular flexibility index (Phi) is 3.85. The van der Waals surface area contributed by atoms with Crippen LogP contribution >= 0.6 is 0 Å². The van der Waals surface area contributed by atoms with Crippen molar-refractivity contribution < 1.29 is 23.8 Å². The van der Waals surface area contributed by atoms with E-state index in [2.05, 4.69) is 4.74 Å². The quantitative estimate of drug-likeness (QED) is 0.644. The van der Waals surface area contributed by atoms with Crippen molar-refractivity contribution in [3.63, 3.8) is 0 Å². The first kappa shape index (κ1) is 14.8. The third kappa shape index (κ3) is 2.81. The summed E-state index contributed by atoms with van der Waals surface area (Å²) in [6.45, 7) is 0. The molecule has 1 aliphatic heterocycles. The van der Waals surface area contributed by atoms with Crippen LogP contribution in [0.15, 0.2) is 48.2 Å². The molecule has 0 amide bonds. The number of hydrogen-bond donors (Lipinski definition) is 0. The third-order valence-electron chi connectivity index (χ3n) is 3.48. The molecule has 1 aliphatic rings. The summed E-state index contributed by atoms with van der Waals surface area (Å²) in [6.07, 6.45) is 1.64. The van der Waals surface area contributed by atoms with E-state index in [4.69, 9.17) is 9.47 Å². The Morgan fingerprint density at radius 2 is 1.96 bits per heavy atom. The second kappa shape index (κ2) is 5.96. The molecule has 0 saturated carbocycles. The molecule has 1 heterocycles. The van der Waals surface area contributed by atoms with Crippen LogP contribution in [-0.4, -0.2) is 26.0 Å². The maximum atomic E-state index is 12.4. The van der Waals surface area contributed by atoms with Crippen LogP contribution < -0.4 is 9.47 Å². The van der Waals surface area contributed by atoms with E-state index in [0.717, 1.165) is 5.56 Å². The van der Waals surface area contributed by atoms with Gasteiger partial charge in [-0.1, -0.05) is 12.1 Å². The molecule has 3 rings (SSSR count). The van der Waals surface area contributed by atoms with Crippen LogP contribution in [0.4, 0.5) is 0 Å². The Labute approximate surface area is 133 Å². The van der Waals surface area contributed by atoms with Crippen molar-refractivity contribution >= 4 is 17.8 Å². The van der Waals surface area contributed by atoms with Gasteiger partial charge in [0.05, 0.1) is 25.3 Å². The first-order valence-electron chi connectivity index (χ1n) is 6.93. The molecule has 0 aromatic heterocycles. The summed E-state index contributed by atoms with van der Waals surface area (Å²) >= 11 is 0. The summed E-state index contributed by atoms with van der Waals surface area (Å²) in [5.74, 6) is 0.557. The molecule has 5 nitrogen and oxygen atoms in total. The Morgan fingerprint density at radius 3 is 2.70 bits per heavy atom. The van der Waals surface area contributed by atoms with Crippen molar-refractivity contribution in [2.45, 2.75) is 0 Å². The fourth-order valence-electron chi connectivity index (χ4n) is 2.32. The largest absolute Gasteiger partial charge is 0.497 e. The normalized spacial score (nSPS) is 14.3. The number of carbonyl (C=O) groups excluding carboxylic acids is 2. The number of Topliss-reactive ketones (excluding diaryl/α,β-unsaturated/α-hetero) is 1. The van der Waals surface area contributed by atoms with Gasteiger partial charge in [0.2, 0.25) is 5.78 Å². The second-order valence-corrected chi connectivity index (χ2v) is 4.92. The van der Waals surface area contributed by atoms with E-state index in [9.17, 15) is 9.59 Å². The summed E-state index contributed by atoms with van der Waals surface area (Å²) in [7, 11) is 2.87. The predicted molar refractivity (Wildman–Crippen MR) is 83.7 cm³/mol. The van der Waals surface area contributed by atoms with E-state index in [1.807, 2.05) is 18.2 Å². The lowest BCUT2D eigenvalue weighted by Gasteiger charge is -2.02. The highest BCUT2D eigenvalue weighted by atomic mass is 16.5. The van der Waals surface area contributed by atoms with E-state index >= 15 is 0 Å². The molecule has 0 unspecified atom stereocenters. The number of hydrogen-bond acceptors (Lipinski definition) is 5. The molecule has 116 valence electrons. The van der Waals surface area contributed by atoms with Crippen LogP contribution in [0.5, 0.6) is 11.5 Å². The number of esters is 1. The molecule has 0 radical (unpaired) electrons. The Balaban J connectivity index is 1.94. The molecule has 0 N–H and O–H groups in total. The lowest BCUT2D eigenvalue weighted by molar-refractivity contribution is 0.0600. The lowest BCUT2D eigenvalue weighted by Crippen LogP contribution is -2.02. The predicted octanol–water partition coefficient (Wildman–Crippen LogP) is 3.10. The van der Waals surface area contributed by atoms with Crippen LogP contribution in [0.25, 0.3) is 6.08 Å². The minimum atomic E-state index is -0.495. The highest BCUT2D eigenvalue weighted by molar-refractivity contribution is 6.15. The van der Waals surface area contributed by atoms with Crippen molar-refractivity contribution in [1.29, 1.82) is 0 Å². The van der Waals surface area contributed by atoms with Gasteiger partial charge in [-0.05, 0) is 42.0 Å². The van der Waals surface area contributed by atoms with Crippen molar-refractivity contribution in [2.75, 3.05) is 14.2 Å². The van der Waals surface area contributed by atoms with Gasteiger partial charge in [0.15, 0.2) is 5.76 Å². The van der Waals surface area contributed by atoms with Gasteiger partial charge in [0.25, 0.3) is 0 Å². The first-order valence-corrected chi connectivity index (χ1v) is 6.93. The number of ketones is 1. The van der Waals surface area contributed by atoms with Crippen molar-refractivity contribution in [2.24, 2.45) is 0 Å². The Morgan fingerprint density at radius 1 is 1.13 bits per heavy atom. The van der Waals surface area contributed by atoms with Crippen molar-refractivity contribution in [1.82, 2.24) is 0 Å². The lowest BCUT2D eigenvalue weighted by atomic mass is 10.1. The van der Waals surface area contributed by atoms with Gasteiger partial charge < -0.3 is 14.2 Å². The fraction of sp³-hybridized carbons (Fsp3) is 0.111. The van der Waals surface area contributed by atoms with E-state index in [-0.39, 0.29) is 11.5 Å². The van der Waals surface area contributed by atoms with Crippen LogP contribution in [0.1, 0.15) is 26.3 Å². The highest BCUT2D eigenvalue weighted by Crippen LogP contribution is 2.33. The van der Waals surface area contributed by atoms with Gasteiger partial charge in [-0.15, -0.1) is 0 Å². The molecule has 0 saturated heterocycles. The van der Waals surface area contributed by atoms with E-state index < -0.39 is 5.97 Å². The third-order valence-corrected chi connectivity index (χ3v) is 3.48. The van der Waals surface area contributed by atoms with Gasteiger partial charge in [-0.25, -0.2) is 4.79 Å². The molecule has 0 spiro atoms. The molecule has 5 heteroatoms. The SMILES string of the molecule is COC(=O)c1ccc2c(c1)C(=O)/C(=C/c1cccc(OC)c1)O2. The van der Waals surface area contributed by atoms with E-state index in [1.165, 1.54) is 13.2 Å². The molecule has 0 atom stereocenters. The van der Waals surface area contributed by atoms with E-state index in [0.29, 0.717) is 22.6 Å². The molecule has 23 heavy (non-hydrogen) atoms. The number of carbonyl (C=O) groups is 2. The molecule has 2 aromatic rings. The average molecular weight is 310 g/mol. The van der Waals surface area contributed by atoms with Crippen LogP contribution in [0.2, 0.25) is 0 Å². The average Bonchev–Trinajstić information content (AvgIpc) is 2.89. The topological polar surface area (TPSA) is 61.8 Å². The zero-order chi connectivity index (χ0) is 16.4. The van der Waals surface area contributed by atoms with E-state index in [1.54, 1.807) is 31.4 Å².